The molecule has 3 rings (SSSR count). The summed E-state index contributed by atoms with van der Waals surface area (Å²) in [5.74, 6) is 2.28. The van der Waals surface area contributed by atoms with Gasteiger partial charge in [-0.05, 0) is 112 Å². The third-order valence-electron chi connectivity index (χ3n) is 7.55. The summed E-state index contributed by atoms with van der Waals surface area (Å²) in [6.45, 7) is 10.4. The zero-order valence-electron chi connectivity index (χ0n) is 21.2. The normalized spacial score (nSPS) is 24.1. The second-order valence-electron chi connectivity index (χ2n) is 10.3. The molecule has 6 heteroatoms. The van der Waals surface area contributed by atoms with E-state index in [2.05, 4.69) is 23.8 Å². The molecule has 2 aliphatic carbocycles. The Kier molecular flexibility index (Phi) is 10.7. The van der Waals surface area contributed by atoms with E-state index < -0.39 is 12.2 Å². The van der Waals surface area contributed by atoms with Crippen LogP contribution in [0, 0.1) is 30.6 Å². The van der Waals surface area contributed by atoms with Crippen molar-refractivity contribution in [1.29, 1.82) is 0 Å². The van der Waals surface area contributed by atoms with E-state index in [1.165, 1.54) is 25.7 Å². The first-order valence-corrected chi connectivity index (χ1v) is 13.2. The van der Waals surface area contributed by atoms with Crippen LogP contribution in [0.25, 0.3) is 0 Å². The lowest BCUT2D eigenvalue weighted by Gasteiger charge is -2.27. The Hall–Kier alpha value is -2.76. The van der Waals surface area contributed by atoms with Crippen LogP contribution in [-0.2, 0) is 9.47 Å². The Morgan fingerprint density at radius 1 is 0.800 bits per heavy atom. The number of amides is 2. The van der Waals surface area contributed by atoms with E-state index >= 15 is 0 Å². The molecule has 192 valence electrons. The van der Waals surface area contributed by atoms with Gasteiger partial charge in [-0.3, -0.25) is 10.6 Å². The summed E-state index contributed by atoms with van der Waals surface area (Å²) in [7, 11) is 0. The first kappa shape index (κ1) is 26.8. The summed E-state index contributed by atoms with van der Waals surface area (Å²) in [4.78, 5) is 24.7. The number of ether oxygens (including phenoxy) is 2. The van der Waals surface area contributed by atoms with Crippen molar-refractivity contribution in [3.63, 3.8) is 0 Å². The molecule has 0 spiro atoms. The standard InChI is InChI=1S/C29H42N2O4/c1-4-6-22-9-13-24(14-10-22)19-34-28(32)30-26-17-8-21(3)27(18-26)31-29(33)35-20-25-15-11-23(7-5-2)12-16-25/h4-5,8,17-18,22-25H,1-2,6-7,9-16,19-20H2,3H3,(H,30,32)(H,31,33). The van der Waals surface area contributed by atoms with Crippen LogP contribution in [0.3, 0.4) is 0 Å². The monoisotopic (exact) mass is 482 g/mol. The summed E-state index contributed by atoms with van der Waals surface area (Å²) >= 11 is 0. The molecule has 35 heavy (non-hydrogen) atoms. The van der Waals surface area contributed by atoms with Crippen molar-refractivity contribution in [1.82, 2.24) is 0 Å². The zero-order valence-corrected chi connectivity index (χ0v) is 21.2. The molecular formula is C29H42N2O4. The molecule has 2 aliphatic rings. The summed E-state index contributed by atoms with van der Waals surface area (Å²) in [5.41, 5.74) is 2.08. The second kappa shape index (κ2) is 14.0. The number of rotatable bonds is 10. The van der Waals surface area contributed by atoms with Gasteiger partial charge in [0.25, 0.3) is 0 Å². The summed E-state index contributed by atoms with van der Waals surface area (Å²) in [6, 6.07) is 5.39. The summed E-state index contributed by atoms with van der Waals surface area (Å²) in [5, 5.41) is 5.59. The minimum atomic E-state index is -0.470. The molecule has 0 radical (unpaired) electrons. The predicted octanol–water partition coefficient (Wildman–Crippen LogP) is 7.86. The number of anilines is 2. The van der Waals surface area contributed by atoms with Crippen molar-refractivity contribution < 1.29 is 19.1 Å². The topological polar surface area (TPSA) is 76.7 Å². The van der Waals surface area contributed by atoms with E-state index in [0.29, 0.717) is 36.4 Å². The van der Waals surface area contributed by atoms with Crippen molar-refractivity contribution in [2.24, 2.45) is 23.7 Å². The SMILES string of the molecule is C=CCC1CCC(COC(=O)Nc2ccc(C)c(NC(=O)OCC3CCC(CC=C)CC3)c2)CC1. The molecule has 1 aromatic carbocycles. The van der Waals surface area contributed by atoms with Crippen LogP contribution in [0.15, 0.2) is 43.5 Å². The van der Waals surface area contributed by atoms with Gasteiger partial charge >= 0.3 is 12.2 Å². The van der Waals surface area contributed by atoms with E-state index in [-0.39, 0.29) is 0 Å². The predicted molar refractivity (Wildman–Crippen MR) is 142 cm³/mol. The van der Waals surface area contributed by atoms with Crippen LogP contribution in [-0.4, -0.2) is 25.4 Å². The molecule has 2 amide bonds. The van der Waals surface area contributed by atoms with Crippen LogP contribution in [0.1, 0.15) is 69.8 Å². The Bertz CT molecular complexity index is 852. The number of benzene rings is 1. The first-order valence-electron chi connectivity index (χ1n) is 13.2. The fourth-order valence-electron chi connectivity index (χ4n) is 5.26. The summed E-state index contributed by atoms with van der Waals surface area (Å²) in [6.07, 6.45) is 14.2. The van der Waals surface area contributed by atoms with Gasteiger partial charge in [-0.1, -0.05) is 18.2 Å². The Balaban J connectivity index is 1.39. The second-order valence-corrected chi connectivity index (χ2v) is 10.3. The van der Waals surface area contributed by atoms with Crippen molar-refractivity contribution in [2.75, 3.05) is 23.8 Å². The van der Waals surface area contributed by atoms with Crippen molar-refractivity contribution in [3.8, 4) is 0 Å². The quantitative estimate of drug-likeness (QED) is 0.333. The molecule has 0 aliphatic heterocycles. The molecule has 0 saturated heterocycles. The number of nitrogens with one attached hydrogen (secondary N) is 2. The molecule has 0 bridgehead atoms. The maximum Gasteiger partial charge on any atom is 0.411 e. The Morgan fingerprint density at radius 2 is 1.26 bits per heavy atom. The average Bonchev–Trinajstić information content (AvgIpc) is 2.86. The Morgan fingerprint density at radius 3 is 1.74 bits per heavy atom. The molecule has 0 unspecified atom stereocenters. The number of aryl methyl sites for hydroxylation is 1. The van der Waals surface area contributed by atoms with Gasteiger partial charge in [-0.15, -0.1) is 13.2 Å². The molecule has 2 fully saturated rings. The lowest BCUT2D eigenvalue weighted by Crippen LogP contribution is -2.23. The largest absolute Gasteiger partial charge is 0.449 e. The van der Waals surface area contributed by atoms with E-state index in [1.54, 1.807) is 12.1 Å². The van der Waals surface area contributed by atoms with Gasteiger partial charge in [-0.2, -0.15) is 0 Å². The van der Waals surface area contributed by atoms with Gasteiger partial charge in [0, 0.05) is 11.4 Å². The number of hydrogen-bond donors (Lipinski definition) is 2. The number of carbonyl (C=O) groups is 2. The summed E-state index contributed by atoms with van der Waals surface area (Å²) < 4.78 is 11.0. The molecule has 2 N–H and O–H groups in total. The van der Waals surface area contributed by atoms with Crippen molar-refractivity contribution in [2.45, 2.75) is 71.1 Å². The number of carbonyl (C=O) groups excluding carboxylic acids is 2. The van der Waals surface area contributed by atoms with Gasteiger partial charge in [0.1, 0.15) is 0 Å². The molecular weight excluding hydrogens is 440 g/mol. The van der Waals surface area contributed by atoms with E-state index in [4.69, 9.17) is 9.47 Å². The number of hydrogen-bond acceptors (Lipinski definition) is 4. The van der Waals surface area contributed by atoms with Crippen LogP contribution < -0.4 is 10.6 Å². The van der Waals surface area contributed by atoms with Crippen LogP contribution in [0.2, 0.25) is 0 Å². The average molecular weight is 483 g/mol. The lowest BCUT2D eigenvalue weighted by atomic mass is 9.81. The smallest absolute Gasteiger partial charge is 0.411 e. The molecule has 6 nitrogen and oxygen atoms in total. The van der Waals surface area contributed by atoms with Crippen LogP contribution in [0.4, 0.5) is 21.0 Å². The highest BCUT2D eigenvalue weighted by Crippen LogP contribution is 2.32. The van der Waals surface area contributed by atoms with E-state index in [1.807, 2.05) is 25.1 Å². The highest BCUT2D eigenvalue weighted by Gasteiger charge is 2.23. The van der Waals surface area contributed by atoms with Crippen LogP contribution >= 0.6 is 0 Å². The highest BCUT2D eigenvalue weighted by atomic mass is 16.6. The highest BCUT2D eigenvalue weighted by molar-refractivity contribution is 5.89. The minimum absolute atomic E-state index is 0.419. The fourth-order valence-corrected chi connectivity index (χ4v) is 5.26. The Labute approximate surface area is 210 Å². The third kappa shape index (κ3) is 9.08. The minimum Gasteiger partial charge on any atom is -0.449 e. The van der Waals surface area contributed by atoms with E-state index in [9.17, 15) is 9.59 Å². The van der Waals surface area contributed by atoms with Gasteiger partial charge < -0.3 is 9.47 Å². The zero-order chi connectivity index (χ0) is 25.0. The van der Waals surface area contributed by atoms with Gasteiger partial charge in [0.2, 0.25) is 0 Å². The molecule has 0 aromatic heterocycles. The van der Waals surface area contributed by atoms with Crippen LogP contribution in [0.5, 0.6) is 0 Å². The third-order valence-corrected chi connectivity index (χ3v) is 7.55. The maximum atomic E-state index is 12.4. The van der Waals surface area contributed by atoms with E-state index in [0.717, 1.165) is 55.9 Å². The van der Waals surface area contributed by atoms with Gasteiger partial charge in [0.05, 0.1) is 13.2 Å². The molecule has 2 saturated carbocycles. The molecule has 0 atom stereocenters. The first-order chi connectivity index (χ1) is 17.0. The fraction of sp³-hybridized carbons (Fsp3) is 0.586. The maximum absolute atomic E-state index is 12.4. The number of allylic oxidation sites excluding steroid dienone is 2. The van der Waals surface area contributed by atoms with Gasteiger partial charge in [0.15, 0.2) is 0 Å². The van der Waals surface area contributed by atoms with Crippen molar-refractivity contribution >= 4 is 23.6 Å². The van der Waals surface area contributed by atoms with Crippen molar-refractivity contribution in [3.05, 3.63) is 49.1 Å². The van der Waals surface area contributed by atoms with Gasteiger partial charge in [-0.25, -0.2) is 9.59 Å². The molecule has 0 heterocycles. The molecule has 1 aromatic rings. The lowest BCUT2D eigenvalue weighted by molar-refractivity contribution is 0.120.